The van der Waals surface area contributed by atoms with Crippen LogP contribution in [0.4, 0.5) is 0 Å². The smallest absolute Gasteiger partial charge is 0.125 e. The van der Waals surface area contributed by atoms with Gasteiger partial charge in [-0.2, -0.15) is 10.3 Å². The molecule has 0 aromatic heterocycles. The van der Waals surface area contributed by atoms with Gasteiger partial charge in [-0.3, -0.25) is 0 Å². The maximum absolute atomic E-state index is 9.69. The molecule has 3 saturated carbocycles. The van der Waals surface area contributed by atoms with Crippen molar-refractivity contribution in [2.45, 2.75) is 31.7 Å². The molecular weight excluding hydrogens is 176 g/mol. The van der Waals surface area contributed by atoms with E-state index in [-0.39, 0.29) is 6.04 Å². The average Bonchev–Trinajstić information content (AvgIpc) is 2.57. The lowest BCUT2D eigenvalue weighted by molar-refractivity contribution is -0.0950. The highest BCUT2D eigenvalue weighted by atomic mass is 16.5. The maximum atomic E-state index is 9.69. The summed E-state index contributed by atoms with van der Waals surface area (Å²) >= 11 is 0. The number of nitrogens with zero attached hydrogens (tertiary/aromatic N) is 2. The first-order valence-corrected chi connectivity index (χ1v) is 5.66. The maximum Gasteiger partial charge on any atom is 0.125 e. The summed E-state index contributed by atoms with van der Waals surface area (Å²) in [6, 6.07) is 2.06. The highest BCUT2D eigenvalue weighted by Crippen LogP contribution is 2.53. The van der Waals surface area contributed by atoms with Crippen molar-refractivity contribution >= 4 is 0 Å². The lowest BCUT2D eigenvalue weighted by atomic mass is 9.58. The van der Waals surface area contributed by atoms with Crippen LogP contribution in [0.3, 0.4) is 0 Å². The predicted octanol–water partition coefficient (Wildman–Crippen LogP) is 1.64. The van der Waals surface area contributed by atoms with Crippen LogP contribution >= 0.6 is 0 Å². The molecule has 0 amide bonds. The minimum absolute atomic E-state index is 0.215. The Morgan fingerprint density at radius 2 is 1.79 bits per heavy atom. The van der Waals surface area contributed by atoms with E-state index in [0.29, 0.717) is 17.8 Å². The normalized spacial score (nSPS) is 51.6. The van der Waals surface area contributed by atoms with Crippen LogP contribution in [0.15, 0.2) is 0 Å². The van der Waals surface area contributed by atoms with E-state index < -0.39 is 0 Å². The van der Waals surface area contributed by atoms with Crippen molar-refractivity contribution in [1.29, 1.82) is 5.26 Å². The van der Waals surface area contributed by atoms with Crippen molar-refractivity contribution < 1.29 is 5.21 Å². The fraction of sp³-hybridized carbons (Fsp3) is 0.909. The number of fused-ring (bicyclic) bond motifs is 2. The minimum atomic E-state index is -0.215. The molecule has 2 bridgehead atoms. The zero-order chi connectivity index (χ0) is 9.71. The van der Waals surface area contributed by atoms with Crippen LogP contribution < -0.4 is 0 Å². The first-order valence-electron chi connectivity index (χ1n) is 5.66. The first kappa shape index (κ1) is 8.70. The quantitative estimate of drug-likeness (QED) is 0.634. The van der Waals surface area contributed by atoms with E-state index in [9.17, 15) is 5.21 Å². The van der Waals surface area contributed by atoms with Gasteiger partial charge in [0, 0.05) is 6.54 Å². The summed E-state index contributed by atoms with van der Waals surface area (Å²) in [6.07, 6.45) is 5.24. The molecule has 0 aromatic carbocycles. The second-order valence-corrected chi connectivity index (χ2v) is 5.11. The van der Waals surface area contributed by atoms with Gasteiger partial charge in [-0.15, -0.1) is 0 Å². The summed E-state index contributed by atoms with van der Waals surface area (Å²) in [4.78, 5) is 0. The second-order valence-electron chi connectivity index (χ2n) is 5.11. The molecule has 3 aliphatic carbocycles. The third-order valence-corrected chi connectivity index (χ3v) is 4.68. The van der Waals surface area contributed by atoms with E-state index in [0.717, 1.165) is 12.5 Å². The van der Waals surface area contributed by atoms with Crippen molar-refractivity contribution in [3.8, 4) is 6.07 Å². The molecule has 3 unspecified atom stereocenters. The van der Waals surface area contributed by atoms with Crippen LogP contribution in [0.25, 0.3) is 0 Å². The van der Waals surface area contributed by atoms with E-state index in [1.54, 1.807) is 0 Å². The van der Waals surface area contributed by atoms with Crippen molar-refractivity contribution in [1.82, 2.24) is 5.06 Å². The fourth-order valence-electron chi connectivity index (χ4n) is 4.07. The molecule has 14 heavy (non-hydrogen) atoms. The van der Waals surface area contributed by atoms with E-state index in [2.05, 4.69) is 6.07 Å². The third-order valence-electron chi connectivity index (χ3n) is 4.68. The standard InChI is InChI=1S/C11H16N2O/c12-5-10-11-8-3-1-7(2-4-8)9(11)6-13(10)14/h7-11,14H,1-4,6H2. The molecule has 1 N–H and O–H groups in total. The van der Waals surface area contributed by atoms with Crippen LogP contribution in [-0.2, 0) is 0 Å². The Kier molecular flexibility index (Phi) is 1.83. The number of hydroxylamine groups is 2. The molecule has 1 heterocycles. The SMILES string of the molecule is N#CC1C2C3CCC(CC3)C2CN1O. The van der Waals surface area contributed by atoms with Crippen molar-refractivity contribution in [2.24, 2.45) is 23.7 Å². The first-order chi connectivity index (χ1) is 6.81. The fourth-order valence-corrected chi connectivity index (χ4v) is 4.07. The van der Waals surface area contributed by atoms with Crippen molar-refractivity contribution in [3.05, 3.63) is 0 Å². The van der Waals surface area contributed by atoms with Crippen molar-refractivity contribution in [3.63, 3.8) is 0 Å². The molecule has 4 aliphatic rings. The molecular formula is C11H16N2O. The van der Waals surface area contributed by atoms with E-state index in [4.69, 9.17) is 5.26 Å². The van der Waals surface area contributed by atoms with Gasteiger partial charge in [0.15, 0.2) is 0 Å². The van der Waals surface area contributed by atoms with E-state index >= 15 is 0 Å². The number of hydrogen-bond donors (Lipinski definition) is 1. The predicted molar refractivity (Wildman–Crippen MR) is 50.3 cm³/mol. The van der Waals surface area contributed by atoms with Gasteiger partial charge in [0.1, 0.15) is 6.04 Å². The number of hydrogen-bond acceptors (Lipinski definition) is 3. The van der Waals surface area contributed by atoms with Gasteiger partial charge in [-0.1, -0.05) is 0 Å². The van der Waals surface area contributed by atoms with Gasteiger partial charge in [0.2, 0.25) is 0 Å². The van der Waals surface area contributed by atoms with Gasteiger partial charge in [-0.05, 0) is 49.4 Å². The summed E-state index contributed by atoms with van der Waals surface area (Å²) in [5.74, 6) is 2.58. The zero-order valence-corrected chi connectivity index (χ0v) is 8.26. The Morgan fingerprint density at radius 3 is 2.43 bits per heavy atom. The van der Waals surface area contributed by atoms with Crippen molar-refractivity contribution in [2.75, 3.05) is 6.54 Å². The second kappa shape index (κ2) is 2.95. The van der Waals surface area contributed by atoms with Crippen LogP contribution in [0.1, 0.15) is 25.7 Å². The minimum Gasteiger partial charge on any atom is -0.313 e. The Morgan fingerprint density at radius 1 is 1.14 bits per heavy atom. The summed E-state index contributed by atoms with van der Waals surface area (Å²) in [5, 5.41) is 20.0. The van der Waals surface area contributed by atoms with E-state index in [1.807, 2.05) is 0 Å². The Balaban J connectivity index is 1.92. The molecule has 76 valence electrons. The topological polar surface area (TPSA) is 47.3 Å². The molecule has 3 heteroatoms. The summed E-state index contributed by atoms with van der Waals surface area (Å²) in [7, 11) is 0. The average molecular weight is 192 g/mol. The van der Waals surface area contributed by atoms with Crippen LogP contribution in [0, 0.1) is 35.0 Å². The monoisotopic (exact) mass is 192 g/mol. The Hall–Kier alpha value is -0.590. The van der Waals surface area contributed by atoms with E-state index in [1.165, 1.54) is 30.7 Å². The summed E-state index contributed by atoms with van der Waals surface area (Å²) < 4.78 is 0. The molecule has 0 spiro atoms. The summed E-state index contributed by atoms with van der Waals surface area (Å²) in [5.41, 5.74) is 0. The molecule has 4 rings (SSSR count). The lowest BCUT2D eigenvalue weighted by Gasteiger charge is -2.45. The largest absolute Gasteiger partial charge is 0.313 e. The van der Waals surface area contributed by atoms with Gasteiger partial charge in [0.05, 0.1) is 6.07 Å². The van der Waals surface area contributed by atoms with Crippen LogP contribution in [0.2, 0.25) is 0 Å². The third kappa shape index (κ3) is 0.986. The number of nitriles is 1. The zero-order valence-electron chi connectivity index (χ0n) is 8.26. The molecule has 3 atom stereocenters. The van der Waals surface area contributed by atoms with Gasteiger partial charge in [-0.25, -0.2) is 0 Å². The molecule has 1 aliphatic heterocycles. The van der Waals surface area contributed by atoms with Gasteiger partial charge in [0.25, 0.3) is 0 Å². The highest BCUT2D eigenvalue weighted by Gasteiger charge is 2.53. The molecule has 4 fully saturated rings. The molecule has 1 saturated heterocycles. The van der Waals surface area contributed by atoms with Crippen LogP contribution in [0.5, 0.6) is 0 Å². The lowest BCUT2D eigenvalue weighted by Crippen LogP contribution is -2.41. The van der Waals surface area contributed by atoms with Crippen LogP contribution in [-0.4, -0.2) is 22.9 Å². The molecule has 0 radical (unpaired) electrons. The Bertz CT molecular complexity index is 278. The summed E-state index contributed by atoms with van der Waals surface area (Å²) in [6.45, 7) is 0.740. The number of rotatable bonds is 0. The molecule has 3 nitrogen and oxygen atoms in total. The van der Waals surface area contributed by atoms with Gasteiger partial charge < -0.3 is 5.21 Å². The Labute approximate surface area is 84.3 Å². The van der Waals surface area contributed by atoms with Gasteiger partial charge >= 0.3 is 0 Å². The highest BCUT2D eigenvalue weighted by molar-refractivity contribution is 5.09. The molecule has 0 aromatic rings.